The van der Waals surface area contributed by atoms with Gasteiger partial charge in [-0.3, -0.25) is 14.2 Å². The lowest BCUT2D eigenvalue weighted by Gasteiger charge is -2.09. The second kappa shape index (κ2) is 10.9. The van der Waals surface area contributed by atoms with Crippen LogP contribution in [0.25, 0.3) is 10.9 Å². The maximum absolute atomic E-state index is 13.0. The summed E-state index contributed by atoms with van der Waals surface area (Å²) in [5.74, 6) is 0.544. The van der Waals surface area contributed by atoms with Crippen LogP contribution < -0.4 is 20.5 Å². The van der Waals surface area contributed by atoms with Crippen molar-refractivity contribution in [2.45, 2.75) is 36.7 Å². The van der Waals surface area contributed by atoms with Gasteiger partial charge in [0.25, 0.3) is 10.0 Å². The number of hydrogen-bond donors (Lipinski definition) is 3. The number of fused-ring (bicyclic) bond motifs is 1. The van der Waals surface area contributed by atoms with Gasteiger partial charge in [-0.2, -0.15) is 5.10 Å². The third-order valence-corrected chi connectivity index (χ3v) is 8.39. The molecule has 0 radical (unpaired) electrons. The highest BCUT2D eigenvalue weighted by Gasteiger charge is 2.23. The van der Waals surface area contributed by atoms with E-state index in [4.69, 9.17) is 22.1 Å². The smallest absolute Gasteiger partial charge is 0.272 e. The van der Waals surface area contributed by atoms with E-state index in [1.807, 2.05) is 36.4 Å². The fourth-order valence-corrected chi connectivity index (χ4v) is 6.25. The van der Waals surface area contributed by atoms with Gasteiger partial charge in [0.05, 0.1) is 28.9 Å². The molecular formula is C24H26ClN5O4S2. The Morgan fingerprint density at radius 2 is 1.94 bits per heavy atom. The fraction of sp³-hybridized carbons (Fsp3) is 0.250. The standard InChI is InChI=1S/C24H26ClN5O4S2/c1-15(26)11-21(31)27-13-16-5-3-6-17(12-16)14-30-18-7-4-8-19(34-2)23(18)24(28-30)29-36(32,33)22-10-9-20(25)35-22/h3-10,12,15H,11,13-14,26H2,1-2H3,(H,27,31)(H,28,29). The summed E-state index contributed by atoms with van der Waals surface area (Å²) in [4.78, 5) is 12.0. The number of ether oxygens (including phenoxy) is 1. The van der Waals surface area contributed by atoms with Gasteiger partial charge in [-0.15, -0.1) is 11.3 Å². The van der Waals surface area contributed by atoms with Crippen molar-refractivity contribution in [3.63, 3.8) is 0 Å². The lowest BCUT2D eigenvalue weighted by molar-refractivity contribution is -0.121. The molecule has 36 heavy (non-hydrogen) atoms. The topological polar surface area (TPSA) is 128 Å². The van der Waals surface area contributed by atoms with Gasteiger partial charge in [0.2, 0.25) is 5.91 Å². The van der Waals surface area contributed by atoms with E-state index >= 15 is 0 Å². The second-order valence-corrected chi connectivity index (χ2v) is 11.9. The molecule has 1 amide bonds. The Kier molecular flexibility index (Phi) is 7.84. The van der Waals surface area contributed by atoms with Gasteiger partial charge < -0.3 is 15.8 Å². The predicted molar refractivity (Wildman–Crippen MR) is 142 cm³/mol. The van der Waals surface area contributed by atoms with Crippen molar-refractivity contribution in [2.75, 3.05) is 11.8 Å². The van der Waals surface area contributed by atoms with E-state index in [9.17, 15) is 13.2 Å². The lowest BCUT2D eigenvalue weighted by atomic mass is 10.1. The predicted octanol–water partition coefficient (Wildman–Crippen LogP) is 3.96. The summed E-state index contributed by atoms with van der Waals surface area (Å²) in [5.41, 5.74) is 8.24. The van der Waals surface area contributed by atoms with Crippen LogP contribution in [0.3, 0.4) is 0 Å². The number of nitrogens with one attached hydrogen (secondary N) is 2. The van der Waals surface area contributed by atoms with Gasteiger partial charge in [-0.1, -0.05) is 41.9 Å². The Bertz CT molecular complexity index is 1500. The third kappa shape index (κ3) is 5.98. The first-order chi connectivity index (χ1) is 17.2. The molecule has 0 aliphatic carbocycles. The molecule has 0 aliphatic rings. The van der Waals surface area contributed by atoms with Crippen molar-refractivity contribution in [3.8, 4) is 5.75 Å². The van der Waals surface area contributed by atoms with Crippen molar-refractivity contribution in [1.82, 2.24) is 15.1 Å². The summed E-state index contributed by atoms with van der Waals surface area (Å²) in [6.45, 7) is 2.53. The molecule has 0 spiro atoms. The van der Waals surface area contributed by atoms with Crippen LogP contribution in [0, 0.1) is 0 Å². The summed E-state index contributed by atoms with van der Waals surface area (Å²) in [7, 11) is -2.38. The number of aromatic nitrogens is 2. The number of rotatable bonds is 10. The van der Waals surface area contributed by atoms with Gasteiger partial charge in [-0.25, -0.2) is 8.42 Å². The molecule has 4 rings (SSSR count). The normalized spacial score (nSPS) is 12.4. The Morgan fingerprint density at radius 1 is 1.19 bits per heavy atom. The minimum atomic E-state index is -3.90. The van der Waals surface area contributed by atoms with Crippen molar-refractivity contribution in [1.29, 1.82) is 0 Å². The van der Waals surface area contributed by atoms with E-state index in [1.54, 1.807) is 17.7 Å². The minimum Gasteiger partial charge on any atom is -0.496 e. The Morgan fingerprint density at radius 3 is 2.64 bits per heavy atom. The number of methoxy groups -OCH3 is 1. The zero-order valence-corrected chi connectivity index (χ0v) is 22.1. The molecule has 0 saturated heterocycles. The number of thiophene rings is 1. The van der Waals surface area contributed by atoms with Crippen LogP contribution in [0.4, 0.5) is 5.82 Å². The zero-order valence-electron chi connectivity index (χ0n) is 19.7. The lowest BCUT2D eigenvalue weighted by Crippen LogP contribution is -2.29. The molecule has 9 nitrogen and oxygen atoms in total. The Hall–Kier alpha value is -3.12. The fourth-order valence-electron chi connectivity index (χ4n) is 3.76. The largest absolute Gasteiger partial charge is 0.496 e. The molecule has 4 aromatic rings. The van der Waals surface area contributed by atoms with E-state index in [0.717, 1.165) is 22.5 Å². The number of carbonyl (C=O) groups excluding carboxylic acids is 1. The monoisotopic (exact) mass is 547 g/mol. The van der Waals surface area contributed by atoms with Crippen LogP contribution >= 0.6 is 22.9 Å². The average Bonchev–Trinajstić information content (AvgIpc) is 3.42. The van der Waals surface area contributed by atoms with Crippen molar-refractivity contribution in [3.05, 3.63) is 70.1 Å². The molecule has 0 fully saturated rings. The molecule has 1 unspecified atom stereocenters. The molecule has 2 heterocycles. The van der Waals surface area contributed by atoms with Crippen LogP contribution in [0.2, 0.25) is 4.34 Å². The van der Waals surface area contributed by atoms with E-state index in [-0.39, 0.29) is 28.4 Å². The van der Waals surface area contributed by atoms with Crippen LogP contribution in [0.5, 0.6) is 5.75 Å². The third-order valence-electron chi connectivity index (χ3n) is 5.32. The van der Waals surface area contributed by atoms with Crippen molar-refractivity contribution < 1.29 is 17.9 Å². The van der Waals surface area contributed by atoms with Crippen LogP contribution in [-0.4, -0.2) is 37.3 Å². The van der Waals surface area contributed by atoms with Gasteiger partial charge in [0.15, 0.2) is 5.82 Å². The first-order valence-corrected chi connectivity index (χ1v) is 13.8. The van der Waals surface area contributed by atoms with Crippen molar-refractivity contribution >= 4 is 55.6 Å². The summed E-state index contributed by atoms with van der Waals surface area (Å²) < 4.78 is 36.2. The quantitative estimate of drug-likeness (QED) is 0.276. The molecule has 2 aromatic carbocycles. The van der Waals surface area contributed by atoms with E-state index < -0.39 is 10.0 Å². The number of nitrogens with zero attached hydrogens (tertiary/aromatic N) is 2. The van der Waals surface area contributed by atoms with Gasteiger partial charge in [-0.05, 0) is 42.3 Å². The molecule has 0 saturated carbocycles. The summed E-state index contributed by atoms with van der Waals surface area (Å²) in [6, 6.07) is 15.9. The molecule has 0 aliphatic heterocycles. The molecule has 2 aromatic heterocycles. The first-order valence-electron chi connectivity index (χ1n) is 11.1. The SMILES string of the molecule is COc1cccc2c1c(NS(=O)(=O)c1ccc(Cl)s1)nn2Cc1cccc(CNC(=O)CC(C)N)c1. The summed E-state index contributed by atoms with van der Waals surface area (Å²) in [5, 5.41) is 8.00. The highest BCUT2D eigenvalue weighted by Crippen LogP contribution is 2.35. The van der Waals surface area contributed by atoms with Crippen LogP contribution in [0.15, 0.2) is 58.8 Å². The maximum atomic E-state index is 13.0. The number of anilines is 1. The van der Waals surface area contributed by atoms with E-state index in [2.05, 4.69) is 15.1 Å². The second-order valence-electron chi connectivity index (χ2n) is 8.30. The van der Waals surface area contributed by atoms with Gasteiger partial charge >= 0.3 is 0 Å². The molecule has 1 atom stereocenters. The number of sulfonamides is 1. The number of hydrogen-bond acceptors (Lipinski definition) is 7. The molecule has 0 bridgehead atoms. The van der Waals surface area contributed by atoms with E-state index in [0.29, 0.717) is 34.1 Å². The summed E-state index contributed by atoms with van der Waals surface area (Å²) >= 11 is 6.90. The van der Waals surface area contributed by atoms with Gasteiger partial charge in [0, 0.05) is 19.0 Å². The highest BCUT2D eigenvalue weighted by molar-refractivity contribution is 7.94. The van der Waals surface area contributed by atoms with Crippen LogP contribution in [0.1, 0.15) is 24.5 Å². The maximum Gasteiger partial charge on any atom is 0.272 e. The number of amides is 1. The van der Waals surface area contributed by atoms with Gasteiger partial charge in [0.1, 0.15) is 9.96 Å². The first kappa shape index (κ1) is 26.0. The number of halogens is 1. The van der Waals surface area contributed by atoms with Crippen LogP contribution in [-0.2, 0) is 27.9 Å². The molecule has 12 heteroatoms. The zero-order chi connectivity index (χ0) is 25.9. The van der Waals surface area contributed by atoms with E-state index in [1.165, 1.54) is 19.2 Å². The minimum absolute atomic E-state index is 0.0869. The Labute approximate surface area is 218 Å². The number of nitrogens with two attached hydrogens (primary N) is 1. The molecular weight excluding hydrogens is 522 g/mol. The highest BCUT2D eigenvalue weighted by atomic mass is 35.5. The number of benzene rings is 2. The average molecular weight is 548 g/mol. The Balaban J connectivity index is 1.63. The number of carbonyl (C=O) groups is 1. The molecule has 4 N–H and O–H groups in total. The van der Waals surface area contributed by atoms with Crippen molar-refractivity contribution in [2.24, 2.45) is 5.73 Å². The molecule has 190 valence electrons. The summed E-state index contributed by atoms with van der Waals surface area (Å²) in [6.07, 6.45) is 0.261.